The Morgan fingerprint density at radius 2 is 2.20 bits per heavy atom. The van der Waals surface area contributed by atoms with Crippen molar-refractivity contribution in [2.45, 2.75) is 25.5 Å². The normalized spacial score (nSPS) is 21.8. The second kappa shape index (κ2) is 5.56. The van der Waals surface area contributed by atoms with E-state index in [1.807, 2.05) is 0 Å². The van der Waals surface area contributed by atoms with Crippen LogP contribution in [0.25, 0.3) is 0 Å². The van der Waals surface area contributed by atoms with Crippen LogP contribution in [-0.2, 0) is 4.79 Å². The summed E-state index contributed by atoms with van der Waals surface area (Å²) in [6.45, 7) is 1.83. The van der Waals surface area contributed by atoms with Crippen molar-refractivity contribution in [1.29, 1.82) is 0 Å². The van der Waals surface area contributed by atoms with Gasteiger partial charge in [-0.3, -0.25) is 9.59 Å². The summed E-state index contributed by atoms with van der Waals surface area (Å²) in [5.41, 5.74) is 5.52. The Kier molecular flexibility index (Phi) is 4.01. The lowest BCUT2D eigenvalue weighted by Crippen LogP contribution is -2.35. The number of primary amides is 1. The van der Waals surface area contributed by atoms with Gasteiger partial charge in [0.1, 0.15) is 5.82 Å². The van der Waals surface area contributed by atoms with E-state index >= 15 is 0 Å². The highest BCUT2D eigenvalue weighted by Crippen LogP contribution is 2.21. The van der Waals surface area contributed by atoms with Gasteiger partial charge in [-0.25, -0.2) is 4.39 Å². The number of carbonyl (C=O) groups excluding carboxylic acids is 2. The van der Waals surface area contributed by atoms with Gasteiger partial charge in [-0.15, -0.1) is 0 Å². The van der Waals surface area contributed by atoms with Crippen LogP contribution in [0.15, 0.2) is 12.1 Å². The molecule has 1 heterocycles. The molecule has 0 aliphatic carbocycles. The molecular formula is C13H16FN3O3. The molecule has 0 radical (unpaired) electrons. The molecule has 1 aromatic carbocycles. The van der Waals surface area contributed by atoms with Crippen LogP contribution in [0, 0.1) is 12.7 Å². The van der Waals surface area contributed by atoms with Gasteiger partial charge in [0, 0.05) is 23.4 Å². The first-order valence-corrected chi connectivity index (χ1v) is 6.20. The maximum atomic E-state index is 13.7. The monoisotopic (exact) mass is 281 g/mol. The number of hydrogen-bond donors (Lipinski definition) is 4. The van der Waals surface area contributed by atoms with Gasteiger partial charge in [-0.05, 0) is 25.5 Å². The zero-order valence-corrected chi connectivity index (χ0v) is 10.9. The molecule has 1 fully saturated rings. The van der Waals surface area contributed by atoms with E-state index < -0.39 is 23.9 Å². The molecule has 5 N–H and O–H groups in total. The molecule has 0 spiro atoms. The summed E-state index contributed by atoms with van der Waals surface area (Å²) in [6, 6.07) is 1.83. The van der Waals surface area contributed by atoms with E-state index in [0.29, 0.717) is 13.0 Å². The van der Waals surface area contributed by atoms with Crippen molar-refractivity contribution < 1.29 is 19.1 Å². The third-order valence-corrected chi connectivity index (χ3v) is 3.31. The largest absolute Gasteiger partial charge is 0.392 e. The third kappa shape index (κ3) is 2.94. The third-order valence-electron chi connectivity index (χ3n) is 3.31. The standard InChI is InChI=1S/C13H16FN3O3/c1-6-9(14)2-7(12(15)19)3-10(6)17-13(20)11-4-8(18)5-16-11/h2-3,8,11,16,18H,4-5H2,1H3,(H2,15,19)(H,17,20). The van der Waals surface area contributed by atoms with Crippen LogP contribution in [-0.4, -0.2) is 35.6 Å². The van der Waals surface area contributed by atoms with Gasteiger partial charge in [-0.1, -0.05) is 0 Å². The lowest BCUT2D eigenvalue weighted by atomic mass is 10.1. The number of carbonyl (C=O) groups is 2. The highest BCUT2D eigenvalue weighted by molar-refractivity contribution is 5.98. The Morgan fingerprint density at radius 1 is 1.50 bits per heavy atom. The van der Waals surface area contributed by atoms with Crippen LogP contribution in [0.5, 0.6) is 0 Å². The van der Waals surface area contributed by atoms with Crippen LogP contribution < -0.4 is 16.4 Å². The number of aliphatic hydroxyl groups is 1. The van der Waals surface area contributed by atoms with Crippen molar-refractivity contribution in [3.8, 4) is 0 Å². The number of nitrogens with one attached hydrogen (secondary N) is 2. The summed E-state index contributed by atoms with van der Waals surface area (Å²) in [5, 5.41) is 14.8. The molecule has 1 saturated heterocycles. The molecule has 1 aromatic rings. The number of aliphatic hydroxyl groups excluding tert-OH is 1. The summed E-state index contributed by atoms with van der Waals surface area (Å²) in [7, 11) is 0. The van der Waals surface area contributed by atoms with Gasteiger partial charge in [-0.2, -0.15) is 0 Å². The van der Waals surface area contributed by atoms with Crippen molar-refractivity contribution in [3.05, 3.63) is 29.1 Å². The molecule has 2 rings (SSSR count). The smallest absolute Gasteiger partial charge is 0.248 e. The highest BCUT2D eigenvalue weighted by Gasteiger charge is 2.28. The second-order valence-corrected chi connectivity index (χ2v) is 4.83. The van der Waals surface area contributed by atoms with Crippen molar-refractivity contribution >= 4 is 17.5 Å². The van der Waals surface area contributed by atoms with Gasteiger partial charge in [0.25, 0.3) is 0 Å². The van der Waals surface area contributed by atoms with E-state index in [2.05, 4.69) is 10.6 Å². The number of β-amino-alcohol motifs (C(OH)–C–C–N with tert-alkyl or cyclic N) is 1. The van der Waals surface area contributed by atoms with E-state index in [1.54, 1.807) is 0 Å². The fraction of sp³-hybridized carbons (Fsp3) is 0.385. The molecule has 2 unspecified atom stereocenters. The van der Waals surface area contributed by atoms with E-state index in [-0.39, 0.29) is 22.7 Å². The summed E-state index contributed by atoms with van der Waals surface area (Å²) in [4.78, 5) is 23.1. The lowest BCUT2D eigenvalue weighted by Gasteiger charge is -2.14. The maximum absolute atomic E-state index is 13.7. The number of rotatable bonds is 3. The van der Waals surface area contributed by atoms with Gasteiger partial charge < -0.3 is 21.5 Å². The van der Waals surface area contributed by atoms with E-state index in [9.17, 15) is 19.1 Å². The molecule has 7 heteroatoms. The second-order valence-electron chi connectivity index (χ2n) is 4.83. The molecular weight excluding hydrogens is 265 g/mol. The lowest BCUT2D eigenvalue weighted by molar-refractivity contribution is -0.117. The molecule has 1 aliphatic rings. The minimum absolute atomic E-state index is 0.0113. The minimum Gasteiger partial charge on any atom is -0.392 e. The van der Waals surface area contributed by atoms with E-state index in [4.69, 9.17) is 5.73 Å². The maximum Gasteiger partial charge on any atom is 0.248 e. The first-order valence-electron chi connectivity index (χ1n) is 6.20. The Morgan fingerprint density at radius 3 is 2.75 bits per heavy atom. The average molecular weight is 281 g/mol. The Balaban J connectivity index is 2.20. The average Bonchev–Trinajstić information content (AvgIpc) is 2.81. The SMILES string of the molecule is Cc1c(F)cc(C(N)=O)cc1NC(=O)C1CC(O)CN1. The molecule has 2 amide bonds. The van der Waals surface area contributed by atoms with Gasteiger partial charge in [0.15, 0.2) is 0 Å². The number of anilines is 1. The summed E-state index contributed by atoms with van der Waals surface area (Å²) < 4.78 is 13.7. The number of amides is 2. The molecule has 20 heavy (non-hydrogen) atoms. The number of halogens is 1. The molecule has 0 saturated carbocycles. The van der Waals surface area contributed by atoms with Crippen LogP contribution in [0.1, 0.15) is 22.3 Å². The topological polar surface area (TPSA) is 104 Å². The van der Waals surface area contributed by atoms with Gasteiger partial charge in [0.05, 0.1) is 12.1 Å². The van der Waals surface area contributed by atoms with Crippen LogP contribution >= 0.6 is 0 Å². The summed E-state index contributed by atoms with van der Waals surface area (Å²) in [6.07, 6.45) is -0.274. The highest BCUT2D eigenvalue weighted by atomic mass is 19.1. The van der Waals surface area contributed by atoms with Gasteiger partial charge in [0.2, 0.25) is 11.8 Å². The van der Waals surface area contributed by atoms with Crippen molar-refractivity contribution in [1.82, 2.24) is 5.32 Å². The van der Waals surface area contributed by atoms with Crippen molar-refractivity contribution in [2.75, 3.05) is 11.9 Å². The first-order chi connectivity index (χ1) is 9.38. The zero-order valence-electron chi connectivity index (χ0n) is 10.9. The van der Waals surface area contributed by atoms with Crippen molar-refractivity contribution in [3.63, 3.8) is 0 Å². The number of benzene rings is 1. The molecule has 0 bridgehead atoms. The zero-order chi connectivity index (χ0) is 14.9. The Hall–Kier alpha value is -1.99. The number of hydrogen-bond acceptors (Lipinski definition) is 4. The summed E-state index contributed by atoms with van der Waals surface area (Å²) in [5.74, 6) is -1.77. The van der Waals surface area contributed by atoms with Crippen LogP contribution in [0.4, 0.5) is 10.1 Å². The quantitative estimate of drug-likeness (QED) is 0.620. The molecule has 2 atom stereocenters. The van der Waals surface area contributed by atoms with Gasteiger partial charge >= 0.3 is 0 Å². The Labute approximate surface area is 115 Å². The Bertz CT molecular complexity index is 562. The van der Waals surface area contributed by atoms with Crippen LogP contribution in [0.2, 0.25) is 0 Å². The molecule has 108 valence electrons. The van der Waals surface area contributed by atoms with Crippen molar-refractivity contribution in [2.24, 2.45) is 5.73 Å². The minimum atomic E-state index is -0.770. The molecule has 1 aliphatic heterocycles. The fourth-order valence-corrected chi connectivity index (χ4v) is 2.09. The predicted octanol–water partition coefficient (Wildman–Crippen LogP) is -0.106. The van der Waals surface area contributed by atoms with Crippen LogP contribution in [0.3, 0.4) is 0 Å². The first kappa shape index (κ1) is 14.4. The molecule has 0 aromatic heterocycles. The van der Waals surface area contributed by atoms with E-state index in [0.717, 1.165) is 6.07 Å². The number of nitrogens with two attached hydrogens (primary N) is 1. The predicted molar refractivity (Wildman–Crippen MR) is 70.7 cm³/mol. The fourth-order valence-electron chi connectivity index (χ4n) is 2.09. The molecule has 6 nitrogen and oxygen atoms in total. The summed E-state index contributed by atoms with van der Waals surface area (Å²) >= 11 is 0. The van der Waals surface area contributed by atoms with E-state index in [1.165, 1.54) is 13.0 Å².